The van der Waals surface area contributed by atoms with E-state index in [0.717, 1.165) is 25.7 Å². The van der Waals surface area contributed by atoms with Gasteiger partial charge in [0.15, 0.2) is 0 Å². The number of carbonyl (C=O) groups is 2. The van der Waals surface area contributed by atoms with Crippen LogP contribution in [0.5, 0.6) is 0 Å². The standard InChI is InChI=1S/C13H21NO4/c1-4-6-8-17-12(15)10-11(14-3)13(16)18-9-7-5-2/h11H,4-10H2,1-2H3. The fourth-order valence-corrected chi connectivity index (χ4v) is 1.14. The summed E-state index contributed by atoms with van der Waals surface area (Å²) < 4.78 is 9.80. The topological polar surface area (TPSA) is 57.0 Å². The van der Waals surface area contributed by atoms with Gasteiger partial charge in [0.2, 0.25) is 0 Å². The summed E-state index contributed by atoms with van der Waals surface area (Å²) in [5.74, 6) is -1.15. The third-order valence-electron chi connectivity index (χ3n) is 2.29. The molecule has 0 aromatic rings. The molecule has 0 bridgehead atoms. The molecule has 18 heavy (non-hydrogen) atoms. The summed E-state index contributed by atoms with van der Waals surface area (Å²) in [7, 11) is 0. The van der Waals surface area contributed by atoms with Gasteiger partial charge in [0.05, 0.1) is 13.2 Å². The lowest BCUT2D eigenvalue weighted by molar-refractivity contribution is -0.151. The Morgan fingerprint density at radius 1 is 1.11 bits per heavy atom. The Bertz CT molecular complexity index is 296. The van der Waals surface area contributed by atoms with Crippen molar-refractivity contribution in [3.63, 3.8) is 0 Å². The second-order valence-corrected chi connectivity index (χ2v) is 3.94. The SMILES string of the molecule is [C-]#[N+]C(CC(=O)OCCCC)C(=O)OCCCC. The molecule has 0 heterocycles. The van der Waals surface area contributed by atoms with Crippen LogP contribution in [0.25, 0.3) is 4.85 Å². The molecular formula is C13H21NO4. The van der Waals surface area contributed by atoms with Crippen LogP contribution in [0.2, 0.25) is 0 Å². The maximum atomic E-state index is 11.5. The van der Waals surface area contributed by atoms with Crippen LogP contribution in [0.4, 0.5) is 0 Å². The van der Waals surface area contributed by atoms with Crippen molar-refractivity contribution in [1.82, 2.24) is 0 Å². The highest BCUT2D eigenvalue weighted by atomic mass is 16.5. The summed E-state index contributed by atoms with van der Waals surface area (Å²) in [6.45, 7) is 11.5. The lowest BCUT2D eigenvalue weighted by atomic mass is 10.2. The summed E-state index contributed by atoms with van der Waals surface area (Å²) in [5, 5.41) is 0. The zero-order valence-electron chi connectivity index (χ0n) is 11.1. The molecule has 0 aliphatic rings. The van der Waals surface area contributed by atoms with Crippen molar-refractivity contribution in [2.24, 2.45) is 0 Å². The van der Waals surface area contributed by atoms with Crippen molar-refractivity contribution in [3.8, 4) is 0 Å². The minimum Gasteiger partial charge on any atom is -0.465 e. The van der Waals surface area contributed by atoms with Crippen molar-refractivity contribution >= 4 is 11.9 Å². The molecule has 1 unspecified atom stereocenters. The van der Waals surface area contributed by atoms with Gasteiger partial charge in [-0.25, -0.2) is 11.4 Å². The molecule has 0 saturated heterocycles. The molecule has 0 aliphatic carbocycles. The Hall–Kier alpha value is -1.57. The van der Waals surface area contributed by atoms with Gasteiger partial charge in [0, 0.05) is 0 Å². The van der Waals surface area contributed by atoms with Gasteiger partial charge in [0.1, 0.15) is 6.42 Å². The summed E-state index contributed by atoms with van der Waals surface area (Å²) in [4.78, 5) is 25.9. The third-order valence-corrected chi connectivity index (χ3v) is 2.29. The van der Waals surface area contributed by atoms with Gasteiger partial charge in [-0.05, 0) is 12.8 Å². The summed E-state index contributed by atoms with van der Waals surface area (Å²) >= 11 is 0. The number of unbranched alkanes of at least 4 members (excludes halogenated alkanes) is 2. The first kappa shape index (κ1) is 16.4. The zero-order valence-corrected chi connectivity index (χ0v) is 11.1. The number of ether oxygens (including phenoxy) is 2. The molecule has 0 fully saturated rings. The molecule has 0 rings (SSSR count). The normalized spacial score (nSPS) is 11.4. The van der Waals surface area contributed by atoms with Crippen LogP contribution in [-0.4, -0.2) is 31.2 Å². The van der Waals surface area contributed by atoms with E-state index in [0.29, 0.717) is 13.2 Å². The van der Waals surface area contributed by atoms with Crippen molar-refractivity contribution in [2.45, 2.75) is 52.0 Å². The molecule has 0 aromatic heterocycles. The first-order valence-electron chi connectivity index (χ1n) is 6.34. The average Bonchev–Trinajstić information content (AvgIpc) is 2.36. The van der Waals surface area contributed by atoms with E-state index >= 15 is 0 Å². The first-order chi connectivity index (χ1) is 8.65. The molecule has 0 saturated carbocycles. The summed E-state index contributed by atoms with van der Waals surface area (Å²) in [5.41, 5.74) is 0. The molecule has 102 valence electrons. The third kappa shape index (κ3) is 7.66. The number of hydrogen-bond acceptors (Lipinski definition) is 4. The highest BCUT2D eigenvalue weighted by molar-refractivity contribution is 5.84. The first-order valence-corrected chi connectivity index (χ1v) is 6.34. The summed E-state index contributed by atoms with van der Waals surface area (Å²) in [6.07, 6.45) is 3.17. The summed E-state index contributed by atoms with van der Waals surface area (Å²) in [6, 6.07) is -1.07. The van der Waals surface area contributed by atoms with Crippen LogP contribution in [0.3, 0.4) is 0 Å². The lowest BCUT2D eigenvalue weighted by Gasteiger charge is -2.06. The fraction of sp³-hybridized carbons (Fsp3) is 0.769. The Morgan fingerprint density at radius 2 is 1.67 bits per heavy atom. The molecular weight excluding hydrogens is 234 g/mol. The van der Waals surface area contributed by atoms with E-state index in [1.807, 2.05) is 13.8 Å². The monoisotopic (exact) mass is 255 g/mol. The maximum absolute atomic E-state index is 11.5. The van der Waals surface area contributed by atoms with Gasteiger partial charge in [-0.2, -0.15) is 0 Å². The van der Waals surface area contributed by atoms with E-state index < -0.39 is 18.0 Å². The van der Waals surface area contributed by atoms with E-state index in [9.17, 15) is 9.59 Å². The van der Waals surface area contributed by atoms with Gasteiger partial charge in [0.25, 0.3) is 0 Å². The molecule has 0 amide bonds. The van der Waals surface area contributed by atoms with Crippen LogP contribution in [0.1, 0.15) is 46.0 Å². The Morgan fingerprint density at radius 3 is 2.17 bits per heavy atom. The van der Waals surface area contributed by atoms with Gasteiger partial charge in [-0.3, -0.25) is 4.79 Å². The van der Waals surface area contributed by atoms with Crippen molar-refractivity contribution in [2.75, 3.05) is 13.2 Å². The number of carbonyl (C=O) groups excluding carboxylic acids is 2. The van der Waals surface area contributed by atoms with E-state index in [-0.39, 0.29) is 6.42 Å². The second-order valence-electron chi connectivity index (χ2n) is 3.94. The quantitative estimate of drug-likeness (QED) is 0.360. The molecule has 5 heteroatoms. The number of esters is 2. The minimum atomic E-state index is -1.07. The van der Waals surface area contributed by atoms with Crippen LogP contribution < -0.4 is 0 Å². The molecule has 0 radical (unpaired) electrons. The Kier molecular flexibility index (Phi) is 9.65. The lowest BCUT2D eigenvalue weighted by Crippen LogP contribution is -2.24. The van der Waals surface area contributed by atoms with Gasteiger partial charge >= 0.3 is 18.0 Å². The minimum absolute atomic E-state index is 0.224. The molecule has 1 atom stereocenters. The number of hydrogen-bond donors (Lipinski definition) is 0. The molecule has 5 nitrogen and oxygen atoms in total. The van der Waals surface area contributed by atoms with Crippen LogP contribution >= 0.6 is 0 Å². The van der Waals surface area contributed by atoms with Crippen molar-refractivity contribution < 1.29 is 19.1 Å². The van der Waals surface area contributed by atoms with Crippen molar-refractivity contribution in [3.05, 3.63) is 11.4 Å². The zero-order chi connectivity index (χ0) is 13.8. The van der Waals surface area contributed by atoms with E-state index in [1.54, 1.807) is 0 Å². The Balaban J connectivity index is 3.98. The van der Waals surface area contributed by atoms with Crippen LogP contribution in [0, 0.1) is 6.57 Å². The second kappa shape index (κ2) is 10.6. The van der Waals surface area contributed by atoms with Crippen LogP contribution in [0.15, 0.2) is 0 Å². The van der Waals surface area contributed by atoms with Gasteiger partial charge < -0.3 is 14.3 Å². The predicted molar refractivity (Wildman–Crippen MR) is 66.7 cm³/mol. The van der Waals surface area contributed by atoms with Crippen LogP contribution in [-0.2, 0) is 19.1 Å². The number of nitrogens with zero attached hydrogens (tertiary/aromatic N) is 1. The fourth-order valence-electron chi connectivity index (χ4n) is 1.14. The molecule has 0 N–H and O–H groups in total. The smallest absolute Gasteiger partial charge is 0.390 e. The maximum Gasteiger partial charge on any atom is 0.390 e. The van der Waals surface area contributed by atoms with Gasteiger partial charge in [-0.15, -0.1) is 0 Å². The average molecular weight is 255 g/mol. The van der Waals surface area contributed by atoms with E-state index in [2.05, 4.69) is 4.85 Å². The number of rotatable bonds is 9. The predicted octanol–water partition coefficient (Wildman–Crippen LogP) is 2.35. The molecule has 0 aromatic carbocycles. The van der Waals surface area contributed by atoms with Crippen molar-refractivity contribution in [1.29, 1.82) is 0 Å². The molecule has 0 spiro atoms. The molecule has 0 aliphatic heterocycles. The largest absolute Gasteiger partial charge is 0.465 e. The van der Waals surface area contributed by atoms with Gasteiger partial charge in [-0.1, -0.05) is 26.7 Å². The van der Waals surface area contributed by atoms with E-state index in [4.69, 9.17) is 16.0 Å². The van der Waals surface area contributed by atoms with E-state index in [1.165, 1.54) is 0 Å². The Labute approximate surface area is 108 Å². The highest BCUT2D eigenvalue weighted by Crippen LogP contribution is 2.04. The highest BCUT2D eigenvalue weighted by Gasteiger charge is 2.29.